The van der Waals surface area contributed by atoms with Crippen molar-refractivity contribution in [2.75, 3.05) is 39.3 Å². The first-order chi connectivity index (χ1) is 12.3. The van der Waals surface area contributed by atoms with Gasteiger partial charge in [-0.05, 0) is 37.2 Å². The summed E-state index contributed by atoms with van der Waals surface area (Å²) in [5.74, 6) is 0. The van der Waals surface area contributed by atoms with Crippen molar-refractivity contribution in [3.05, 3.63) is 29.3 Å². The van der Waals surface area contributed by atoms with Gasteiger partial charge in [0.05, 0.1) is 42.5 Å². The van der Waals surface area contributed by atoms with E-state index in [1.165, 1.54) is 16.1 Å². The molecule has 0 radical (unpaired) electrons. The zero-order valence-electron chi connectivity index (χ0n) is 14.4. The van der Waals surface area contributed by atoms with Crippen LogP contribution in [0, 0.1) is 0 Å². The van der Waals surface area contributed by atoms with Gasteiger partial charge in [-0.25, -0.2) is 4.98 Å². The Kier molecular flexibility index (Phi) is 5.45. The van der Waals surface area contributed by atoms with E-state index in [0.29, 0.717) is 6.10 Å². The number of quaternary nitrogens is 1. The topological polar surface area (TPSA) is 41.8 Å². The summed E-state index contributed by atoms with van der Waals surface area (Å²) in [4.78, 5) is 8.66. The van der Waals surface area contributed by atoms with Gasteiger partial charge in [-0.1, -0.05) is 12.1 Å². The Balaban J connectivity index is 1.24. The van der Waals surface area contributed by atoms with Gasteiger partial charge in [-0.3, -0.25) is 0 Å². The number of rotatable bonds is 4. The summed E-state index contributed by atoms with van der Waals surface area (Å²) in [5, 5.41) is 5.51. The van der Waals surface area contributed by atoms with Crippen molar-refractivity contribution >= 4 is 38.9 Å². The van der Waals surface area contributed by atoms with Gasteiger partial charge in [0.2, 0.25) is 0 Å². The van der Waals surface area contributed by atoms with Crippen LogP contribution in [0.15, 0.2) is 24.3 Å². The lowest BCUT2D eigenvalue weighted by Crippen LogP contribution is -3.13. The van der Waals surface area contributed by atoms with Crippen LogP contribution in [0.3, 0.4) is 0 Å². The van der Waals surface area contributed by atoms with E-state index in [4.69, 9.17) is 21.9 Å². The van der Waals surface area contributed by atoms with Gasteiger partial charge in [0, 0.05) is 13.2 Å². The number of para-hydroxylation sites is 1. The zero-order chi connectivity index (χ0) is 17.1. The van der Waals surface area contributed by atoms with Gasteiger partial charge in [-0.15, -0.1) is 11.3 Å². The average Bonchev–Trinajstić information content (AvgIpc) is 3.29. The smallest absolute Gasteiger partial charge is 0.169 e. The van der Waals surface area contributed by atoms with Crippen LogP contribution in [0.25, 0.3) is 10.2 Å². The number of nitrogens with one attached hydrogen (secondary N) is 2. The number of fused-ring (bicyclic) bond motifs is 1. The SMILES string of the molecule is S=C(NC[C@@H]1CCCO1)N1CC[NH+](Cc2nc3ccccc3s2)CC1. The Hall–Kier alpha value is -1.28. The fourth-order valence-corrected chi connectivity index (χ4v) is 4.84. The van der Waals surface area contributed by atoms with Crippen LogP contribution in [0.5, 0.6) is 0 Å². The molecule has 2 N–H and O–H groups in total. The highest BCUT2D eigenvalue weighted by Gasteiger charge is 2.23. The zero-order valence-corrected chi connectivity index (χ0v) is 16.0. The third-order valence-corrected chi connectivity index (χ3v) is 6.44. The van der Waals surface area contributed by atoms with Crippen molar-refractivity contribution in [3.8, 4) is 0 Å². The number of benzene rings is 1. The molecule has 0 saturated carbocycles. The second kappa shape index (κ2) is 7.95. The quantitative estimate of drug-likeness (QED) is 0.780. The van der Waals surface area contributed by atoms with Gasteiger partial charge in [0.1, 0.15) is 11.6 Å². The Morgan fingerprint density at radius 2 is 2.20 bits per heavy atom. The molecule has 2 aliphatic rings. The first-order valence-corrected chi connectivity index (χ1v) is 10.3. The molecule has 134 valence electrons. The molecule has 2 aliphatic heterocycles. The minimum Gasteiger partial charge on any atom is -0.376 e. The minimum atomic E-state index is 0.337. The Bertz CT molecular complexity index is 688. The van der Waals surface area contributed by atoms with Crippen LogP contribution in [0.4, 0.5) is 0 Å². The van der Waals surface area contributed by atoms with Gasteiger partial charge in [-0.2, -0.15) is 0 Å². The fraction of sp³-hybridized carbons (Fsp3) is 0.556. The number of thiazole rings is 1. The maximum Gasteiger partial charge on any atom is 0.169 e. The van der Waals surface area contributed by atoms with Crippen molar-refractivity contribution in [1.29, 1.82) is 0 Å². The molecule has 4 rings (SSSR count). The number of hydrogen-bond donors (Lipinski definition) is 2. The van der Waals surface area contributed by atoms with E-state index in [1.54, 1.807) is 4.90 Å². The van der Waals surface area contributed by atoms with Crippen molar-refractivity contribution in [2.24, 2.45) is 0 Å². The predicted molar refractivity (Wildman–Crippen MR) is 105 cm³/mol. The molecule has 1 aromatic carbocycles. The summed E-state index contributed by atoms with van der Waals surface area (Å²) in [6.45, 7) is 7.00. The van der Waals surface area contributed by atoms with Gasteiger partial charge in [0.15, 0.2) is 5.11 Å². The first kappa shape index (κ1) is 17.1. The minimum absolute atomic E-state index is 0.337. The highest BCUT2D eigenvalue weighted by molar-refractivity contribution is 7.80. The molecule has 7 heteroatoms. The van der Waals surface area contributed by atoms with E-state index < -0.39 is 0 Å². The molecule has 0 aliphatic carbocycles. The molecule has 2 saturated heterocycles. The lowest BCUT2D eigenvalue weighted by molar-refractivity contribution is -0.917. The summed E-state index contributed by atoms with van der Waals surface area (Å²) in [6.07, 6.45) is 2.66. The summed E-state index contributed by atoms with van der Waals surface area (Å²) >= 11 is 7.38. The van der Waals surface area contributed by atoms with E-state index in [9.17, 15) is 0 Å². The summed E-state index contributed by atoms with van der Waals surface area (Å²) in [6, 6.07) is 8.39. The molecule has 25 heavy (non-hydrogen) atoms. The third-order valence-electron chi connectivity index (χ3n) is 5.00. The van der Waals surface area contributed by atoms with Crippen LogP contribution in [-0.2, 0) is 11.3 Å². The Morgan fingerprint density at radius 3 is 2.96 bits per heavy atom. The summed E-state index contributed by atoms with van der Waals surface area (Å²) in [7, 11) is 0. The fourth-order valence-electron chi connectivity index (χ4n) is 3.53. The van der Waals surface area contributed by atoms with Crippen molar-refractivity contribution in [1.82, 2.24) is 15.2 Å². The predicted octanol–water partition coefficient (Wildman–Crippen LogP) is 1.05. The van der Waals surface area contributed by atoms with Gasteiger partial charge in [0.25, 0.3) is 0 Å². The lowest BCUT2D eigenvalue weighted by Gasteiger charge is -2.33. The average molecular weight is 378 g/mol. The normalized spacial score (nSPS) is 21.8. The van der Waals surface area contributed by atoms with Crippen LogP contribution >= 0.6 is 23.6 Å². The maximum absolute atomic E-state index is 5.65. The number of ether oxygens (including phenoxy) is 1. The molecule has 0 spiro atoms. The van der Waals surface area contributed by atoms with E-state index in [-0.39, 0.29) is 0 Å². The summed E-state index contributed by atoms with van der Waals surface area (Å²) < 4.78 is 6.94. The van der Waals surface area contributed by atoms with Gasteiger partial charge < -0.3 is 19.9 Å². The monoisotopic (exact) mass is 377 g/mol. The number of hydrogen-bond acceptors (Lipinski definition) is 4. The van der Waals surface area contributed by atoms with E-state index in [1.807, 2.05) is 11.3 Å². The molecule has 0 bridgehead atoms. The van der Waals surface area contributed by atoms with Crippen LogP contribution in [0.2, 0.25) is 0 Å². The second-order valence-corrected chi connectivity index (χ2v) is 8.31. The van der Waals surface area contributed by atoms with E-state index in [0.717, 1.165) is 62.9 Å². The highest BCUT2D eigenvalue weighted by atomic mass is 32.1. The molecular weight excluding hydrogens is 352 g/mol. The highest BCUT2D eigenvalue weighted by Crippen LogP contribution is 2.20. The largest absolute Gasteiger partial charge is 0.376 e. The van der Waals surface area contributed by atoms with E-state index in [2.05, 4.69) is 34.5 Å². The van der Waals surface area contributed by atoms with Crippen molar-refractivity contribution in [2.45, 2.75) is 25.5 Å². The molecule has 2 fully saturated rings. The Morgan fingerprint density at radius 1 is 1.36 bits per heavy atom. The molecular formula is C18H25N4OS2+. The number of piperazine rings is 1. The molecule has 0 amide bonds. The molecule has 2 aromatic rings. The van der Waals surface area contributed by atoms with Crippen LogP contribution in [0.1, 0.15) is 17.8 Å². The molecule has 5 nitrogen and oxygen atoms in total. The number of nitrogens with zero attached hydrogens (tertiary/aromatic N) is 2. The maximum atomic E-state index is 5.65. The number of aromatic nitrogens is 1. The van der Waals surface area contributed by atoms with Crippen molar-refractivity contribution < 1.29 is 9.64 Å². The molecule has 3 heterocycles. The molecule has 1 aromatic heterocycles. The van der Waals surface area contributed by atoms with Crippen LogP contribution < -0.4 is 10.2 Å². The van der Waals surface area contributed by atoms with Gasteiger partial charge >= 0.3 is 0 Å². The van der Waals surface area contributed by atoms with Crippen LogP contribution in [-0.4, -0.2) is 60.4 Å². The Labute approximate surface area is 158 Å². The van der Waals surface area contributed by atoms with E-state index >= 15 is 0 Å². The number of thiocarbonyl (C=S) groups is 1. The molecule has 1 atom stereocenters. The van der Waals surface area contributed by atoms with Crippen molar-refractivity contribution in [3.63, 3.8) is 0 Å². The second-order valence-electron chi connectivity index (χ2n) is 6.81. The summed E-state index contributed by atoms with van der Waals surface area (Å²) in [5.41, 5.74) is 1.13. The standard InChI is InChI=1S/C18H24N4OS2/c24-18(19-12-14-4-3-11-23-14)22-9-7-21(8-10-22)13-17-20-15-5-1-2-6-16(15)25-17/h1-2,5-6,14H,3-4,7-13H2,(H,19,24)/p+1/t14-/m0/s1. The lowest BCUT2D eigenvalue weighted by atomic mass is 10.2. The molecule has 0 unspecified atom stereocenters. The first-order valence-electron chi connectivity index (χ1n) is 9.10. The third kappa shape index (κ3) is 4.28.